The van der Waals surface area contributed by atoms with Gasteiger partial charge in [-0.2, -0.15) is 4.99 Å². The van der Waals surface area contributed by atoms with Gasteiger partial charge in [0.05, 0.1) is 0 Å². The molecule has 0 aromatic heterocycles. The van der Waals surface area contributed by atoms with Gasteiger partial charge < -0.3 is 5.11 Å². The highest BCUT2D eigenvalue weighted by Gasteiger charge is 2.16. The van der Waals surface area contributed by atoms with Crippen LogP contribution < -0.4 is 0 Å². The summed E-state index contributed by atoms with van der Waals surface area (Å²) < 4.78 is 0. The Bertz CT molecular complexity index is 628. The third-order valence-corrected chi connectivity index (χ3v) is 2.74. The van der Waals surface area contributed by atoms with Gasteiger partial charge in [0.25, 0.3) is 0 Å². The van der Waals surface area contributed by atoms with Gasteiger partial charge in [-0.1, -0.05) is 42.5 Å². The maximum atomic E-state index is 10.9. The van der Waals surface area contributed by atoms with Crippen molar-refractivity contribution in [3.8, 4) is 0 Å². The number of isocyanates is 1. The third-order valence-electron chi connectivity index (χ3n) is 2.74. The fourth-order valence-corrected chi connectivity index (χ4v) is 1.84. The number of carboxylic acid groups (broad SMARTS) is 1. The first-order valence-corrected chi connectivity index (χ1v) is 5.48. The van der Waals surface area contributed by atoms with E-state index >= 15 is 0 Å². The van der Waals surface area contributed by atoms with Gasteiger partial charge in [0.15, 0.2) is 6.04 Å². The summed E-state index contributed by atoms with van der Waals surface area (Å²) in [6, 6.07) is 12.4. The summed E-state index contributed by atoms with van der Waals surface area (Å²) in [5, 5.41) is 11.0. The maximum absolute atomic E-state index is 10.9. The van der Waals surface area contributed by atoms with Crippen LogP contribution in [-0.4, -0.2) is 23.2 Å². The van der Waals surface area contributed by atoms with E-state index in [1.54, 1.807) is 0 Å². The molecule has 0 radical (unpaired) electrons. The van der Waals surface area contributed by atoms with Crippen LogP contribution in [0.15, 0.2) is 47.5 Å². The lowest BCUT2D eigenvalue weighted by Gasteiger charge is -2.06. The predicted octanol–water partition coefficient (Wildman–Crippen LogP) is 2.17. The minimum absolute atomic E-state index is 0.190. The van der Waals surface area contributed by atoms with Gasteiger partial charge in [0.2, 0.25) is 6.08 Å². The van der Waals surface area contributed by atoms with Crippen molar-refractivity contribution >= 4 is 22.8 Å². The SMILES string of the molecule is O=C=NC(Cc1ccc2ccccc2c1)C(=O)O. The molecule has 0 fully saturated rings. The van der Waals surface area contributed by atoms with E-state index in [-0.39, 0.29) is 6.42 Å². The molecule has 1 unspecified atom stereocenters. The van der Waals surface area contributed by atoms with Gasteiger partial charge >= 0.3 is 5.97 Å². The Hall–Kier alpha value is -2.45. The second kappa shape index (κ2) is 5.25. The van der Waals surface area contributed by atoms with E-state index in [1.807, 2.05) is 42.5 Å². The molecule has 2 aromatic carbocycles. The molecule has 0 amide bonds. The first-order chi connectivity index (χ1) is 8.70. The zero-order chi connectivity index (χ0) is 13.0. The van der Waals surface area contributed by atoms with E-state index in [0.29, 0.717) is 0 Å². The Morgan fingerprint density at radius 2 is 1.94 bits per heavy atom. The fourth-order valence-electron chi connectivity index (χ4n) is 1.84. The molecule has 2 aromatic rings. The lowest BCUT2D eigenvalue weighted by atomic mass is 10.0. The summed E-state index contributed by atoms with van der Waals surface area (Å²) in [4.78, 5) is 24.3. The molecule has 1 N–H and O–H groups in total. The van der Waals surface area contributed by atoms with Crippen LogP contribution in [0.3, 0.4) is 0 Å². The lowest BCUT2D eigenvalue weighted by Crippen LogP contribution is -2.20. The average Bonchev–Trinajstić information content (AvgIpc) is 2.38. The summed E-state index contributed by atoms with van der Waals surface area (Å²) in [5.41, 5.74) is 0.833. The highest BCUT2D eigenvalue weighted by atomic mass is 16.4. The summed E-state index contributed by atoms with van der Waals surface area (Å²) >= 11 is 0. The molecule has 0 saturated heterocycles. The summed E-state index contributed by atoms with van der Waals surface area (Å²) in [5.74, 6) is -1.12. The molecular formula is C14H11NO3. The van der Waals surface area contributed by atoms with Crippen molar-refractivity contribution in [2.75, 3.05) is 0 Å². The highest BCUT2D eigenvalue weighted by Crippen LogP contribution is 2.17. The van der Waals surface area contributed by atoms with Gasteiger partial charge in [0, 0.05) is 6.42 Å². The van der Waals surface area contributed by atoms with Gasteiger partial charge in [-0.25, -0.2) is 9.59 Å². The van der Waals surface area contributed by atoms with Gasteiger partial charge in [0.1, 0.15) is 0 Å². The Kier molecular flexibility index (Phi) is 3.51. The van der Waals surface area contributed by atoms with Gasteiger partial charge in [-0.05, 0) is 16.3 Å². The number of aliphatic carboxylic acids is 1. The monoisotopic (exact) mass is 241 g/mol. The first kappa shape index (κ1) is 12.0. The Morgan fingerprint density at radius 1 is 1.22 bits per heavy atom. The Balaban J connectivity index is 2.31. The lowest BCUT2D eigenvalue weighted by molar-refractivity contribution is -0.138. The van der Waals surface area contributed by atoms with E-state index < -0.39 is 12.0 Å². The number of benzene rings is 2. The fraction of sp³-hybridized carbons (Fsp3) is 0.143. The van der Waals surface area contributed by atoms with Crippen molar-refractivity contribution in [1.29, 1.82) is 0 Å². The van der Waals surface area contributed by atoms with Crippen molar-refractivity contribution in [3.05, 3.63) is 48.0 Å². The van der Waals surface area contributed by atoms with Crippen LogP contribution in [0.5, 0.6) is 0 Å². The topological polar surface area (TPSA) is 66.7 Å². The maximum Gasteiger partial charge on any atom is 0.329 e. The number of carboxylic acids is 1. The van der Waals surface area contributed by atoms with Crippen LogP contribution >= 0.6 is 0 Å². The Morgan fingerprint density at radius 3 is 2.61 bits per heavy atom. The van der Waals surface area contributed by atoms with E-state index in [0.717, 1.165) is 16.3 Å². The molecule has 2 rings (SSSR count). The quantitative estimate of drug-likeness (QED) is 0.659. The Labute approximate surface area is 104 Å². The zero-order valence-corrected chi connectivity index (χ0v) is 9.54. The molecule has 0 aliphatic rings. The number of carbonyl (C=O) groups is 1. The minimum atomic E-state index is -1.12. The molecule has 18 heavy (non-hydrogen) atoms. The molecule has 0 aliphatic carbocycles. The standard InChI is InChI=1S/C14H11NO3/c16-9-15-13(14(17)18)8-10-5-6-11-3-1-2-4-12(11)7-10/h1-7,13H,8H2,(H,17,18). The van der Waals surface area contributed by atoms with Crippen molar-refractivity contribution in [2.45, 2.75) is 12.5 Å². The van der Waals surface area contributed by atoms with Crippen LogP contribution in [0.1, 0.15) is 5.56 Å². The first-order valence-electron chi connectivity index (χ1n) is 5.48. The second-order valence-corrected chi connectivity index (χ2v) is 3.96. The summed E-state index contributed by atoms with van der Waals surface area (Å²) in [6.45, 7) is 0. The molecule has 4 nitrogen and oxygen atoms in total. The molecule has 0 saturated carbocycles. The number of hydrogen-bond acceptors (Lipinski definition) is 3. The third kappa shape index (κ3) is 2.62. The van der Waals surface area contributed by atoms with Crippen molar-refractivity contribution in [3.63, 3.8) is 0 Å². The number of hydrogen-bond donors (Lipinski definition) is 1. The molecule has 4 heteroatoms. The van der Waals surface area contributed by atoms with E-state index in [2.05, 4.69) is 4.99 Å². The molecule has 0 aliphatic heterocycles. The van der Waals surface area contributed by atoms with Crippen LogP contribution in [0.4, 0.5) is 0 Å². The molecule has 0 bridgehead atoms. The average molecular weight is 241 g/mol. The van der Waals surface area contributed by atoms with Crippen molar-refractivity contribution < 1.29 is 14.7 Å². The van der Waals surface area contributed by atoms with Crippen LogP contribution in [-0.2, 0) is 16.0 Å². The largest absolute Gasteiger partial charge is 0.480 e. The zero-order valence-electron chi connectivity index (χ0n) is 9.54. The molecular weight excluding hydrogens is 230 g/mol. The molecule has 1 atom stereocenters. The van der Waals surface area contributed by atoms with Crippen LogP contribution in [0.25, 0.3) is 10.8 Å². The second-order valence-electron chi connectivity index (χ2n) is 3.96. The summed E-state index contributed by atoms with van der Waals surface area (Å²) in [6.07, 6.45) is 1.49. The van der Waals surface area contributed by atoms with Gasteiger partial charge in [-0.3, -0.25) is 0 Å². The predicted molar refractivity (Wildman–Crippen MR) is 67.2 cm³/mol. The number of rotatable bonds is 4. The van der Waals surface area contributed by atoms with Crippen molar-refractivity contribution in [1.82, 2.24) is 0 Å². The highest BCUT2D eigenvalue weighted by molar-refractivity contribution is 5.83. The molecule has 90 valence electrons. The van der Waals surface area contributed by atoms with Crippen molar-refractivity contribution in [2.24, 2.45) is 4.99 Å². The minimum Gasteiger partial charge on any atom is -0.480 e. The van der Waals surface area contributed by atoms with Gasteiger partial charge in [-0.15, -0.1) is 0 Å². The molecule has 0 heterocycles. The smallest absolute Gasteiger partial charge is 0.329 e. The van der Waals surface area contributed by atoms with Crippen LogP contribution in [0.2, 0.25) is 0 Å². The van der Waals surface area contributed by atoms with E-state index in [9.17, 15) is 9.59 Å². The molecule has 0 spiro atoms. The number of aliphatic imine (C=N–C) groups is 1. The summed E-state index contributed by atoms with van der Waals surface area (Å²) in [7, 11) is 0. The normalized spacial score (nSPS) is 11.8. The number of nitrogens with zero attached hydrogens (tertiary/aromatic N) is 1. The van der Waals surface area contributed by atoms with E-state index in [4.69, 9.17) is 5.11 Å². The number of fused-ring (bicyclic) bond motifs is 1. The van der Waals surface area contributed by atoms with E-state index in [1.165, 1.54) is 6.08 Å². The number of carbonyl (C=O) groups excluding carboxylic acids is 1. The van der Waals surface area contributed by atoms with Crippen LogP contribution in [0, 0.1) is 0 Å².